The first-order valence-corrected chi connectivity index (χ1v) is 10.9. The summed E-state index contributed by atoms with van der Waals surface area (Å²) in [5, 5.41) is 10.9. The Hall–Kier alpha value is -2.30. The average Bonchev–Trinajstić information content (AvgIpc) is 2.53. The maximum atomic E-state index is 12.6. The van der Waals surface area contributed by atoms with Crippen molar-refractivity contribution in [2.75, 3.05) is 6.26 Å². The van der Waals surface area contributed by atoms with Crippen LogP contribution in [0.5, 0.6) is 0 Å². The van der Waals surface area contributed by atoms with Gasteiger partial charge in [-0.25, -0.2) is 21.6 Å². The van der Waals surface area contributed by atoms with Gasteiger partial charge in [0, 0.05) is 24.4 Å². The van der Waals surface area contributed by atoms with Gasteiger partial charge in [0.05, 0.1) is 14.7 Å². The Balaban J connectivity index is 2.32. The summed E-state index contributed by atoms with van der Waals surface area (Å²) in [6, 6.07) is 8.79. The maximum absolute atomic E-state index is 12.6. The summed E-state index contributed by atoms with van der Waals surface area (Å²) in [6.07, 6.45) is 1.08. The Morgan fingerprint density at radius 2 is 1.62 bits per heavy atom. The maximum Gasteiger partial charge on any atom is 0.270 e. The van der Waals surface area contributed by atoms with Crippen molar-refractivity contribution in [3.8, 4) is 0 Å². The number of hydrogen-bond donors (Lipinski definition) is 1. The Morgan fingerprint density at radius 1 is 1.04 bits per heavy atom. The number of aryl methyl sites for hydroxylation is 1. The third kappa shape index (κ3) is 4.45. The molecule has 0 spiro atoms. The van der Waals surface area contributed by atoms with Crippen LogP contribution in [0, 0.1) is 17.0 Å². The molecule has 0 aliphatic heterocycles. The lowest BCUT2D eigenvalue weighted by Crippen LogP contribution is -2.27. The number of sulfonamides is 1. The van der Waals surface area contributed by atoms with Gasteiger partial charge in [0.25, 0.3) is 5.69 Å². The van der Waals surface area contributed by atoms with Crippen LogP contribution >= 0.6 is 0 Å². The monoisotopic (exact) mass is 398 g/mol. The molecule has 26 heavy (non-hydrogen) atoms. The van der Waals surface area contributed by atoms with Gasteiger partial charge in [-0.05, 0) is 37.1 Å². The number of benzene rings is 2. The molecule has 1 N–H and O–H groups in total. The number of non-ortho nitro benzene ring substituents is 1. The van der Waals surface area contributed by atoms with Crippen LogP contribution < -0.4 is 4.72 Å². The SMILES string of the molecule is Cc1ccc([N+](=O)[O-])cc1S(=O)(=O)N[C@H](C)c1ccc(S(C)(=O)=O)cc1. The van der Waals surface area contributed by atoms with Gasteiger partial charge in [0.1, 0.15) is 0 Å². The molecule has 0 bridgehead atoms. The van der Waals surface area contributed by atoms with Gasteiger partial charge in [-0.15, -0.1) is 0 Å². The number of nitro groups is 1. The lowest BCUT2D eigenvalue weighted by atomic mass is 10.1. The van der Waals surface area contributed by atoms with Gasteiger partial charge in [-0.3, -0.25) is 10.1 Å². The average molecular weight is 398 g/mol. The Kier molecular flexibility index (Phi) is 5.49. The highest BCUT2D eigenvalue weighted by molar-refractivity contribution is 7.90. The minimum absolute atomic E-state index is 0.130. The van der Waals surface area contributed by atoms with Gasteiger partial charge in [0.2, 0.25) is 10.0 Å². The Morgan fingerprint density at radius 3 is 2.12 bits per heavy atom. The Labute approximate surface area is 152 Å². The minimum Gasteiger partial charge on any atom is -0.258 e. The van der Waals surface area contributed by atoms with E-state index in [1.807, 2.05) is 0 Å². The minimum atomic E-state index is -4.01. The quantitative estimate of drug-likeness (QED) is 0.588. The normalized spacial score (nSPS) is 13.3. The van der Waals surface area contributed by atoms with Crippen molar-refractivity contribution in [1.29, 1.82) is 0 Å². The largest absolute Gasteiger partial charge is 0.270 e. The van der Waals surface area contributed by atoms with Crippen LogP contribution in [-0.2, 0) is 19.9 Å². The molecule has 1 atom stereocenters. The fourth-order valence-electron chi connectivity index (χ4n) is 2.36. The van der Waals surface area contributed by atoms with E-state index in [0.29, 0.717) is 11.1 Å². The molecule has 0 aliphatic carbocycles. The predicted octanol–water partition coefficient (Wildman–Crippen LogP) is 2.35. The van der Waals surface area contributed by atoms with E-state index >= 15 is 0 Å². The molecule has 10 heteroatoms. The molecule has 8 nitrogen and oxygen atoms in total. The van der Waals surface area contributed by atoms with Crippen molar-refractivity contribution in [3.63, 3.8) is 0 Å². The van der Waals surface area contributed by atoms with Gasteiger partial charge in [-0.1, -0.05) is 18.2 Å². The number of hydrogen-bond acceptors (Lipinski definition) is 6. The molecule has 2 aromatic carbocycles. The van der Waals surface area contributed by atoms with Crippen LogP contribution in [0.4, 0.5) is 5.69 Å². The molecule has 0 aliphatic rings. The van der Waals surface area contributed by atoms with Crippen LogP contribution in [0.25, 0.3) is 0 Å². The number of nitrogens with zero attached hydrogens (tertiary/aromatic N) is 1. The van der Waals surface area contributed by atoms with Crippen molar-refractivity contribution in [2.24, 2.45) is 0 Å². The zero-order valence-corrected chi connectivity index (χ0v) is 16.0. The van der Waals surface area contributed by atoms with Gasteiger partial charge >= 0.3 is 0 Å². The van der Waals surface area contributed by atoms with E-state index in [9.17, 15) is 26.9 Å². The first-order chi connectivity index (χ1) is 11.9. The highest BCUT2D eigenvalue weighted by atomic mass is 32.2. The highest BCUT2D eigenvalue weighted by Gasteiger charge is 2.23. The van der Waals surface area contributed by atoms with E-state index in [1.165, 1.54) is 36.4 Å². The Bertz CT molecular complexity index is 1040. The van der Waals surface area contributed by atoms with Gasteiger partial charge < -0.3 is 0 Å². The highest BCUT2D eigenvalue weighted by Crippen LogP contribution is 2.24. The third-order valence-corrected chi connectivity index (χ3v) is 6.62. The van der Waals surface area contributed by atoms with Crippen LogP contribution in [0.3, 0.4) is 0 Å². The fraction of sp³-hybridized carbons (Fsp3) is 0.250. The lowest BCUT2D eigenvalue weighted by molar-refractivity contribution is -0.385. The van der Waals surface area contributed by atoms with Crippen LogP contribution in [0.1, 0.15) is 24.1 Å². The second-order valence-electron chi connectivity index (χ2n) is 5.89. The number of sulfone groups is 1. The van der Waals surface area contributed by atoms with E-state index in [1.54, 1.807) is 13.8 Å². The third-order valence-electron chi connectivity index (χ3n) is 3.81. The van der Waals surface area contributed by atoms with Crippen molar-refractivity contribution in [3.05, 3.63) is 63.7 Å². The van der Waals surface area contributed by atoms with Crippen LogP contribution in [0.15, 0.2) is 52.3 Å². The van der Waals surface area contributed by atoms with E-state index < -0.39 is 30.8 Å². The zero-order chi connectivity index (χ0) is 19.7. The molecule has 0 amide bonds. The molecule has 2 rings (SSSR count). The number of rotatable bonds is 6. The molecule has 0 aromatic heterocycles. The summed E-state index contributed by atoms with van der Waals surface area (Å²) in [5.74, 6) is 0. The second-order valence-corrected chi connectivity index (χ2v) is 9.59. The van der Waals surface area contributed by atoms with Crippen molar-refractivity contribution in [1.82, 2.24) is 4.72 Å². The molecule has 0 radical (unpaired) electrons. The summed E-state index contributed by atoms with van der Waals surface area (Å²) in [4.78, 5) is 10.2. The summed E-state index contributed by atoms with van der Waals surface area (Å²) in [6.45, 7) is 3.14. The molecular weight excluding hydrogens is 380 g/mol. The van der Waals surface area contributed by atoms with E-state index in [2.05, 4.69) is 4.72 Å². The van der Waals surface area contributed by atoms with E-state index in [-0.39, 0.29) is 15.5 Å². The summed E-state index contributed by atoms with van der Waals surface area (Å²) in [5.41, 5.74) is 0.618. The van der Waals surface area contributed by atoms with E-state index in [4.69, 9.17) is 0 Å². The van der Waals surface area contributed by atoms with Crippen molar-refractivity contribution < 1.29 is 21.8 Å². The molecule has 0 heterocycles. The zero-order valence-electron chi connectivity index (χ0n) is 14.3. The van der Waals surface area contributed by atoms with Crippen LogP contribution in [0.2, 0.25) is 0 Å². The topological polar surface area (TPSA) is 123 Å². The number of nitro benzene ring substituents is 1. The van der Waals surface area contributed by atoms with Crippen molar-refractivity contribution >= 4 is 25.5 Å². The molecule has 0 fully saturated rings. The first kappa shape index (κ1) is 20.0. The second kappa shape index (κ2) is 7.14. The van der Waals surface area contributed by atoms with Gasteiger partial charge in [-0.2, -0.15) is 0 Å². The summed E-state index contributed by atoms with van der Waals surface area (Å²) >= 11 is 0. The molecular formula is C16H18N2O6S2. The predicted molar refractivity (Wildman–Crippen MR) is 96.1 cm³/mol. The van der Waals surface area contributed by atoms with E-state index in [0.717, 1.165) is 12.3 Å². The molecule has 0 saturated carbocycles. The molecule has 2 aromatic rings. The molecule has 0 saturated heterocycles. The fourth-order valence-corrected chi connectivity index (χ4v) is 4.49. The van der Waals surface area contributed by atoms with Crippen LogP contribution in [-0.4, -0.2) is 28.0 Å². The standard InChI is InChI=1S/C16H18N2O6S2/c1-11-4-7-14(18(19)20)10-16(11)26(23,24)17-12(2)13-5-8-15(9-6-13)25(3,21)22/h4-10,12,17H,1-3H3/t12-/m1/s1. The first-order valence-electron chi connectivity index (χ1n) is 7.49. The summed E-state index contributed by atoms with van der Waals surface area (Å²) < 4.78 is 50.6. The lowest BCUT2D eigenvalue weighted by Gasteiger charge is -2.16. The van der Waals surface area contributed by atoms with Crippen molar-refractivity contribution in [2.45, 2.75) is 29.7 Å². The molecule has 140 valence electrons. The number of nitrogens with one attached hydrogen (secondary N) is 1. The smallest absolute Gasteiger partial charge is 0.258 e. The summed E-state index contributed by atoms with van der Waals surface area (Å²) in [7, 11) is -7.35. The van der Waals surface area contributed by atoms with Gasteiger partial charge in [0.15, 0.2) is 9.84 Å². The molecule has 0 unspecified atom stereocenters.